The molecule has 106 valence electrons. The van der Waals surface area contributed by atoms with E-state index in [2.05, 4.69) is 24.3 Å². The highest BCUT2D eigenvalue weighted by Crippen LogP contribution is 2.29. The van der Waals surface area contributed by atoms with Gasteiger partial charge in [0.2, 0.25) is 10.0 Å². The van der Waals surface area contributed by atoms with E-state index in [1.54, 1.807) is 10.4 Å². The monoisotopic (exact) mass is 284 g/mol. The average molecular weight is 284 g/mol. The molecule has 1 fully saturated rings. The third kappa shape index (κ3) is 2.72. The molecular formula is C12H20N4O2S. The number of sulfonamides is 1. The lowest BCUT2D eigenvalue weighted by atomic mass is 10.0. The lowest BCUT2D eigenvalue weighted by molar-refractivity contribution is 0.315. The van der Waals surface area contributed by atoms with Crippen molar-refractivity contribution in [3.8, 4) is 0 Å². The van der Waals surface area contributed by atoms with Crippen LogP contribution in [0.5, 0.6) is 0 Å². The van der Waals surface area contributed by atoms with E-state index in [9.17, 15) is 8.42 Å². The van der Waals surface area contributed by atoms with Gasteiger partial charge in [0.15, 0.2) is 0 Å². The van der Waals surface area contributed by atoms with Crippen LogP contribution in [0.15, 0.2) is 23.2 Å². The Kier molecular flexibility index (Phi) is 4.07. The van der Waals surface area contributed by atoms with Crippen molar-refractivity contribution in [3.63, 3.8) is 0 Å². The van der Waals surface area contributed by atoms with Gasteiger partial charge < -0.3 is 5.43 Å². The minimum Gasteiger partial charge on any atom is -0.308 e. The fraction of sp³-hybridized carbons (Fsp3) is 0.583. The lowest BCUT2D eigenvalue weighted by Crippen LogP contribution is -2.38. The smallest absolute Gasteiger partial charge is 0.244 e. The maximum atomic E-state index is 12.6. The van der Waals surface area contributed by atoms with Crippen molar-refractivity contribution < 1.29 is 8.42 Å². The maximum absolute atomic E-state index is 12.6. The van der Waals surface area contributed by atoms with E-state index in [0.717, 1.165) is 12.8 Å². The number of hydrogen-bond donors (Lipinski definition) is 2. The zero-order valence-electron chi connectivity index (χ0n) is 11.2. The van der Waals surface area contributed by atoms with Crippen molar-refractivity contribution in [2.45, 2.75) is 37.6 Å². The van der Waals surface area contributed by atoms with Gasteiger partial charge in [0.1, 0.15) is 10.7 Å². The van der Waals surface area contributed by atoms with Gasteiger partial charge in [-0.25, -0.2) is 19.2 Å². The van der Waals surface area contributed by atoms with Crippen molar-refractivity contribution in [2.24, 2.45) is 11.8 Å². The van der Waals surface area contributed by atoms with Crippen molar-refractivity contribution in [2.75, 3.05) is 12.0 Å². The fourth-order valence-corrected chi connectivity index (χ4v) is 4.26. The number of aromatic nitrogens is 1. The summed E-state index contributed by atoms with van der Waals surface area (Å²) in [6.45, 7) is 4.69. The third-order valence-corrected chi connectivity index (χ3v) is 5.42. The summed E-state index contributed by atoms with van der Waals surface area (Å²) >= 11 is 0. The van der Waals surface area contributed by atoms with E-state index in [1.165, 1.54) is 12.3 Å². The number of hydrazine groups is 1. The second kappa shape index (κ2) is 5.44. The molecular weight excluding hydrogens is 264 g/mol. The van der Waals surface area contributed by atoms with Gasteiger partial charge in [0, 0.05) is 18.8 Å². The first-order chi connectivity index (χ1) is 8.96. The van der Waals surface area contributed by atoms with Crippen molar-refractivity contribution in [3.05, 3.63) is 18.3 Å². The van der Waals surface area contributed by atoms with Gasteiger partial charge in [0.05, 0.1) is 0 Å². The summed E-state index contributed by atoms with van der Waals surface area (Å²) in [5.74, 6) is 5.98. The van der Waals surface area contributed by atoms with E-state index in [-0.39, 0.29) is 10.9 Å². The van der Waals surface area contributed by atoms with E-state index in [1.807, 2.05) is 0 Å². The van der Waals surface area contributed by atoms with Gasteiger partial charge in [-0.15, -0.1) is 0 Å². The second-order valence-corrected chi connectivity index (χ2v) is 6.98. The first-order valence-electron chi connectivity index (χ1n) is 6.41. The van der Waals surface area contributed by atoms with Crippen LogP contribution in [0, 0.1) is 5.92 Å². The Labute approximate surface area is 114 Å². The van der Waals surface area contributed by atoms with E-state index < -0.39 is 10.0 Å². The number of nitrogens with zero attached hydrogens (tertiary/aromatic N) is 2. The molecule has 19 heavy (non-hydrogen) atoms. The molecule has 1 aromatic heterocycles. The zero-order chi connectivity index (χ0) is 14.0. The van der Waals surface area contributed by atoms with Crippen molar-refractivity contribution >= 4 is 15.8 Å². The number of nitrogens with one attached hydrogen (secondary N) is 1. The molecule has 1 atom stereocenters. The Hall–Kier alpha value is -1.18. The van der Waals surface area contributed by atoms with E-state index >= 15 is 0 Å². The van der Waals surface area contributed by atoms with Crippen LogP contribution in [-0.2, 0) is 10.0 Å². The van der Waals surface area contributed by atoms with Crippen LogP contribution in [0.25, 0.3) is 0 Å². The molecule has 1 saturated heterocycles. The number of hydrogen-bond acceptors (Lipinski definition) is 5. The molecule has 0 aromatic carbocycles. The topological polar surface area (TPSA) is 88.3 Å². The van der Waals surface area contributed by atoms with Crippen LogP contribution in [0.2, 0.25) is 0 Å². The number of rotatable bonds is 4. The minimum atomic E-state index is -3.46. The van der Waals surface area contributed by atoms with Crippen molar-refractivity contribution in [1.82, 2.24) is 9.29 Å². The summed E-state index contributed by atoms with van der Waals surface area (Å²) in [6.07, 6.45) is 3.19. The van der Waals surface area contributed by atoms with Gasteiger partial charge in [-0.05, 0) is 30.9 Å². The van der Waals surface area contributed by atoms with Gasteiger partial charge in [0.25, 0.3) is 0 Å². The summed E-state index contributed by atoms with van der Waals surface area (Å²) in [5.41, 5.74) is 2.38. The molecule has 6 nitrogen and oxygen atoms in total. The maximum Gasteiger partial charge on any atom is 0.244 e. The Morgan fingerprint density at radius 1 is 1.47 bits per heavy atom. The highest BCUT2D eigenvalue weighted by molar-refractivity contribution is 7.89. The fourth-order valence-electron chi connectivity index (χ4n) is 2.48. The Bertz CT molecular complexity index is 527. The molecule has 7 heteroatoms. The molecule has 0 aliphatic carbocycles. The van der Waals surface area contributed by atoms with Crippen LogP contribution < -0.4 is 11.3 Å². The van der Waals surface area contributed by atoms with Gasteiger partial charge in [-0.2, -0.15) is 4.31 Å². The molecule has 3 N–H and O–H groups in total. The number of anilines is 1. The highest BCUT2D eigenvalue weighted by atomic mass is 32.2. The largest absolute Gasteiger partial charge is 0.308 e. The van der Waals surface area contributed by atoms with Crippen LogP contribution in [0.4, 0.5) is 5.82 Å². The van der Waals surface area contributed by atoms with Crippen LogP contribution in [0.1, 0.15) is 26.7 Å². The Balaban J connectivity index is 2.30. The normalized spacial score (nSPS) is 20.9. The number of pyridine rings is 1. The third-order valence-electron chi connectivity index (χ3n) is 3.51. The van der Waals surface area contributed by atoms with Crippen LogP contribution >= 0.6 is 0 Å². The van der Waals surface area contributed by atoms with Gasteiger partial charge in [-0.1, -0.05) is 13.8 Å². The van der Waals surface area contributed by atoms with Crippen molar-refractivity contribution in [1.29, 1.82) is 0 Å². The molecule has 0 saturated carbocycles. The molecule has 1 aromatic rings. The summed E-state index contributed by atoms with van der Waals surface area (Å²) in [4.78, 5) is 4.18. The quantitative estimate of drug-likeness (QED) is 0.640. The standard InChI is InChI=1S/C12H20N4O2S/c1-9(2)11-4-3-7-16(11)19(17,18)10-5-6-12(15-13)14-8-10/h5-6,8-9,11H,3-4,7,13H2,1-2H3,(H,14,15). The first-order valence-corrected chi connectivity index (χ1v) is 7.85. The molecule has 2 rings (SSSR count). The van der Waals surface area contributed by atoms with E-state index in [4.69, 9.17) is 5.84 Å². The predicted octanol–water partition coefficient (Wildman–Crippen LogP) is 1.18. The second-order valence-electron chi connectivity index (χ2n) is 5.09. The molecule has 1 aliphatic heterocycles. The summed E-state index contributed by atoms with van der Waals surface area (Å²) in [7, 11) is -3.46. The van der Waals surface area contributed by atoms with E-state index in [0.29, 0.717) is 18.3 Å². The number of nitrogen functional groups attached to an aromatic ring is 1. The summed E-state index contributed by atoms with van der Waals surface area (Å²) in [6, 6.07) is 3.18. The lowest BCUT2D eigenvalue weighted by Gasteiger charge is -2.26. The Morgan fingerprint density at radius 2 is 2.21 bits per heavy atom. The highest BCUT2D eigenvalue weighted by Gasteiger charge is 2.36. The molecule has 0 spiro atoms. The first kappa shape index (κ1) is 14.2. The summed E-state index contributed by atoms with van der Waals surface area (Å²) in [5, 5.41) is 0. The van der Waals surface area contributed by atoms with Gasteiger partial charge >= 0.3 is 0 Å². The minimum absolute atomic E-state index is 0.0808. The summed E-state index contributed by atoms with van der Waals surface area (Å²) < 4.78 is 26.8. The SMILES string of the molecule is CC(C)C1CCCN1S(=O)(=O)c1ccc(NN)nc1. The molecule has 1 aliphatic rings. The average Bonchev–Trinajstić information content (AvgIpc) is 2.89. The van der Waals surface area contributed by atoms with Crippen LogP contribution in [0.3, 0.4) is 0 Å². The number of nitrogens with two attached hydrogens (primary N) is 1. The molecule has 0 bridgehead atoms. The molecule has 0 amide bonds. The van der Waals surface area contributed by atoms with Crippen LogP contribution in [-0.4, -0.2) is 30.3 Å². The Morgan fingerprint density at radius 3 is 2.74 bits per heavy atom. The molecule has 1 unspecified atom stereocenters. The predicted molar refractivity (Wildman–Crippen MR) is 73.8 cm³/mol. The molecule has 2 heterocycles. The molecule has 0 radical (unpaired) electrons. The van der Waals surface area contributed by atoms with Gasteiger partial charge in [-0.3, -0.25) is 0 Å². The zero-order valence-corrected chi connectivity index (χ0v) is 12.0.